The van der Waals surface area contributed by atoms with Crippen molar-refractivity contribution in [3.05, 3.63) is 58.5 Å². The van der Waals surface area contributed by atoms with Crippen LogP contribution in [0.3, 0.4) is 0 Å². The van der Waals surface area contributed by atoms with Gasteiger partial charge >= 0.3 is 5.97 Å². The molecule has 0 aliphatic heterocycles. The minimum atomic E-state index is -0.600. The monoisotopic (exact) mass is 338 g/mol. The number of aromatic nitrogens is 2. The number of carbonyl (C=O) groups is 3. The summed E-state index contributed by atoms with van der Waals surface area (Å²) < 4.78 is 5.11. The van der Waals surface area contributed by atoms with Crippen LogP contribution in [0, 0.1) is 13.8 Å². The Morgan fingerprint density at radius 2 is 1.80 bits per heavy atom. The lowest BCUT2D eigenvalue weighted by atomic mass is 10.1. The highest BCUT2D eigenvalue weighted by atomic mass is 16.5. The Morgan fingerprint density at radius 1 is 1.08 bits per heavy atom. The first-order chi connectivity index (χ1) is 11.9. The van der Waals surface area contributed by atoms with Gasteiger partial charge in [0.25, 0.3) is 0 Å². The summed E-state index contributed by atoms with van der Waals surface area (Å²) in [6.45, 7) is 4.49. The number of benzene rings is 1. The molecule has 0 radical (unpaired) electrons. The van der Waals surface area contributed by atoms with Gasteiger partial charge < -0.3 is 14.7 Å². The minimum absolute atomic E-state index is 0.111. The topological polar surface area (TPSA) is 92.0 Å². The van der Waals surface area contributed by atoms with Crippen LogP contribution in [0.5, 0.6) is 0 Å². The first-order valence-electron chi connectivity index (χ1n) is 7.86. The number of Topliss-reactive ketones (excluding diaryl/α,β-unsaturated/α-hetero) is 2. The van der Waals surface area contributed by atoms with Gasteiger partial charge in [0, 0.05) is 22.2 Å². The number of ketones is 2. The zero-order chi connectivity index (χ0) is 18.1. The fraction of sp³-hybridized carbons (Fsp3) is 0.211. The van der Waals surface area contributed by atoms with Crippen LogP contribution >= 0.6 is 0 Å². The molecule has 0 bridgehead atoms. The number of nitrogens with one attached hydrogen (secondary N) is 2. The smallest absolute Gasteiger partial charge is 0.355 e. The molecule has 2 heterocycles. The van der Waals surface area contributed by atoms with Crippen molar-refractivity contribution in [2.75, 3.05) is 6.61 Å². The molecule has 3 rings (SSSR count). The normalized spacial score (nSPS) is 10.8. The van der Waals surface area contributed by atoms with Crippen LogP contribution in [0.15, 0.2) is 30.3 Å². The highest BCUT2D eigenvalue weighted by Crippen LogP contribution is 2.19. The Morgan fingerprint density at radius 3 is 2.44 bits per heavy atom. The molecule has 3 aromatic rings. The van der Waals surface area contributed by atoms with E-state index in [4.69, 9.17) is 4.74 Å². The number of aryl methyl sites for hydroxylation is 1. The second kappa shape index (κ2) is 6.39. The van der Waals surface area contributed by atoms with Crippen molar-refractivity contribution in [1.82, 2.24) is 9.97 Å². The first kappa shape index (κ1) is 16.7. The van der Waals surface area contributed by atoms with Crippen molar-refractivity contribution in [2.45, 2.75) is 20.8 Å². The average molecular weight is 338 g/mol. The number of carbonyl (C=O) groups excluding carboxylic acids is 3. The molecule has 0 saturated heterocycles. The number of para-hydroxylation sites is 1. The third kappa shape index (κ3) is 3.10. The van der Waals surface area contributed by atoms with Crippen LogP contribution in [-0.2, 0) is 4.74 Å². The Kier molecular flexibility index (Phi) is 4.27. The largest absolute Gasteiger partial charge is 0.453 e. The maximum atomic E-state index is 12.3. The highest BCUT2D eigenvalue weighted by Gasteiger charge is 2.21. The molecular weight excluding hydrogens is 320 g/mol. The summed E-state index contributed by atoms with van der Waals surface area (Å²) in [5.74, 6) is -1.09. The van der Waals surface area contributed by atoms with Gasteiger partial charge in [-0.3, -0.25) is 9.59 Å². The van der Waals surface area contributed by atoms with E-state index in [0.717, 1.165) is 10.9 Å². The zero-order valence-electron chi connectivity index (χ0n) is 14.2. The van der Waals surface area contributed by atoms with Gasteiger partial charge in [-0.2, -0.15) is 0 Å². The van der Waals surface area contributed by atoms with E-state index in [1.54, 1.807) is 19.9 Å². The third-order valence-electron chi connectivity index (χ3n) is 4.15. The van der Waals surface area contributed by atoms with E-state index in [1.165, 1.54) is 6.92 Å². The quantitative estimate of drug-likeness (QED) is 0.551. The molecule has 0 spiro atoms. The average Bonchev–Trinajstić information content (AvgIpc) is 3.13. The number of hydrogen-bond acceptors (Lipinski definition) is 4. The van der Waals surface area contributed by atoms with E-state index < -0.39 is 12.6 Å². The van der Waals surface area contributed by atoms with Crippen LogP contribution in [0.1, 0.15) is 49.5 Å². The van der Waals surface area contributed by atoms with Gasteiger partial charge in [0.1, 0.15) is 5.69 Å². The standard InChI is InChI=1S/C19H18N2O4/c1-10-17(12(3)22)11(2)20-18(10)16(23)9-25-19(24)15-8-13-6-4-5-7-14(13)21-15/h4-8,20-21H,9H2,1-3H3. The van der Waals surface area contributed by atoms with Crippen LogP contribution < -0.4 is 0 Å². The van der Waals surface area contributed by atoms with Gasteiger partial charge in [0.05, 0.1) is 5.69 Å². The molecule has 0 aliphatic rings. The summed E-state index contributed by atoms with van der Waals surface area (Å²) in [4.78, 5) is 42.0. The number of hydrogen-bond donors (Lipinski definition) is 2. The Balaban J connectivity index is 1.73. The molecule has 0 atom stereocenters. The van der Waals surface area contributed by atoms with Gasteiger partial charge in [-0.25, -0.2) is 4.79 Å². The number of fused-ring (bicyclic) bond motifs is 1. The second-order valence-electron chi connectivity index (χ2n) is 5.95. The summed E-state index contributed by atoms with van der Waals surface area (Å²) in [5, 5.41) is 0.891. The van der Waals surface area contributed by atoms with Gasteiger partial charge in [0.15, 0.2) is 12.4 Å². The Labute approximate surface area is 144 Å². The molecule has 1 aromatic carbocycles. The van der Waals surface area contributed by atoms with Crippen LogP contribution in [-0.4, -0.2) is 34.1 Å². The van der Waals surface area contributed by atoms with Crippen molar-refractivity contribution in [3.8, 4) is 0 Å². The molecule has 2 N–H and O–H groups in total. The predicted octanol–water partition coefficient (Wildman–Crippen LogP) is 3.36. The number of aromatic amines is 2. The van der Waals surface area contributed by atoms with Gasteiger partial charge in [0.2, 0.25) is 5.78 Å². The van der Waals surface area contributed by atoms with E-state index >= 15 is 0 Å². The minimum Gasteiger partial charge on any atom is -0.453 e. The number of esters is 1. The summed E-state index contributed by atoms with van der Waals surface area (Å²) in [6, 6.07) is 9.14. The fourth-order valence-corrected chi connectivity index (χ4v) is 3.02. The van der Waals surface area contributed by atoms with E-state index in [0.29, 0.717) is 22.5 Å². The lowest BCUT2D eigenvalue weighted by Crippen LogP contribution is -2.15. The van der Waals surface area contributed by atoms with Crippen molar-refractivity contribution >= 4 is 28.4 Å². The van der Waals surface area contributed by atoms with Crippen molar-refractivity contribution in [2.24, 2.45) is 0 Å². The molecular formula is C19H18N2O4. The lowest BCUT2D eigenvalue weighted by Gasteiger charge is -2.03. The highest BCUT2D eigenvalue weighted by molar-refractivity contribution is 6.04. The van der Waals surface area contributed by atoms with E-state index in [9.17, 15) is 14.4 Å². The maximum absolute atomic E-state index is 12.3. The molecule has 25 heavy (non-hydrogen) atoms. The van der Waals surface area contributed by atoms with Gasteiger partial charge in [-0.1, -0.05) is 18.2 Å². The number of ether oxygens (including phenoxy) is 1. The maximum Gasteiger partial charge on any atom is 0.355 e. The SMILES string of the molecule is CC(=O)c1c(C)[nH]c(C(=O)COC(=O)c2cc3ccccc3[nH]2)c1C. The molecule has 2 aromatic heterocycles. The molecule has 0 amide bonds. The van der Waals surface area contributed by atoms with Crippen LogP contribution in [0.2, 0.25) is 0 Å². The first-order valence-corrected chi connectivity index (χ1v) is 7.86. The van der Waals surface area contributed by atoms with Crippen molar-refractivity contribution in [3.63, 3.8) is 0 Å². The van der Waals surface area contributed by atoms with E-state index in [2.05, 4.69) is 9.97 Å². The van der Waals surface area contributed by atoms with Crippen LogP contribution in [0.4, 0.5) is 0 Å². The second-order valence-corrected chi connectivity index (χ2v) is 5.95. The molecule has 6 heteroatoms. The molecule has 6 nitrogen and oxygen atoms in total. The van der Waals surface area contributed by atoms with Crippen molar-refractivity contribution < 1.29 is 19.1 Å². The predicted molar refractivity (Wildman–Crippen MR) is 93.2 cm³/mol. The van der Waals surface area contributed by atoms with Gasteiger partial charge in [-0.05, 0) is 38.5 Å². The lowest BCUT2D eigenvalue weighted by molar-refractivity contribution is 0.0468. The number of H-pyrrole nitrogens is 2. The van der Waals surface area contributed by atoms with E-state index in [-0.39, 0.29) is 17.3 Å². The summed E-state index contributed by atoms with van der Waals surface area (Å²) in [7, 11) is 0. The summed E-state index contributed by atoms with van der Waals surface area (Å²) >= 11 is 0. The third-order valence-corrected chi connectivity index (χ3v) is 4.15. The molecule has 0 unspecified atom stereocenters. The molecule has 0 fully saturated rings. The zero-order valence-corrected chi connectivity index (χ0v) is 14.2. The van der Waals surface area contributed by atoms with Gasteiger partial charge in [-0.15, -0.1) is 0 Å². The summed E-state index contributed by atoms with van der Waals surface area (Å²) in [6.07, 6.45) is 0. The fourth-order valence-electron chi connectivity index (χ4n) is 3.02. The molecule has 0 aliphatic carbocycles. The van der Waals surface area contributed by atoms with E-state index in [1.807, 2.05) is 24.3 Å². The number of rotatable bonds is 5. The Bertz CT molecular complexity index is 961. The summed E-state index contributed by atoms with van der Waals surface area (Å²) in [5.41, 5.74) is 3.13. The molecule has 128 valence electrons. The van der Waals surface area contributed by atoms with Crippen molar-refractivity contribution in [1.29, 1.82) is 0 Å². The van der Waals surface area contributed by atoms with Crippen LogP contribution in [0.25, 0.3) is 10.9 Å². The molecule has 0 saturated carbocycles. The Hall–Kier alpha value is -3.15.